The summed E-state index contributed by atoms with van der Waals surface area (Å²) in [6, 6.07) is 0. The lowest BCUT2D eigenvalue weighted by Crippen LogP contribution is -2.15. The topological polar surface area (TPSA) is 19.0 Å². The second-order valence-electron chi connectivity index (χ2n) is 5.41. The van der Waals surface area contributed by atoms with Gasteiger partial charge in [0, 0.05) is 21.7 Å². The van der Waals surface area contributed by atoms with Crippen molar-refractivity contribution in [2.24, 2.45) is 0 Å². The lowest BCUT2D eigenvalue weighted by molar-refractivity contribution is 0.413. The van der Waals surface area contributed by atoms with Crippen LogP contribution in [-0.2, 0) is 12.8 Å². The average molecular weight is 327 g/mol. The van der Waals surface area contributed by atoms with Gasteiger partial charge in [-0.2, -0.15) is 0 Å². The third-order valence-corrected chi connectivity index (χ3v) is 5.25. The molecule has 0 aliphatic carbocycles. The van der Waals surface area contributed by atoms with Gasteiger partial charge < -0.3 is 9.88 Å². The Bertz CT molecular complexity index is 645. The van der Waals surface area contributed by atoms with E-state index in [4.69, 9.17) is 25.3 Å². The molecule has 2 nitrogen and oxygen atoms in total. The molecule has 5 heteroatoms. The van der Waals surface area contributed by atoms with Crippen LogP contribution in [0.15, 0.2) is 14.8 Å². The predicted octanol–water partition coefficient (Wildman–Crippen LogP) is 4.01. The summed E-state index contributed by atoms with van der Waals surface area (Å²) in [4.78, 5) is 7.64. The summed E-state index contributed by atoms with van der Waals surface area (Å²) < 4.78 is 0. The Morgan fingerprint density at radius 1 is 1.05 bits per heavy atom. The summed E-state index contributed by atoms with van der Waals surface area (Å²) in [7, 11) is 4.17. The van der Waals surface area contributed by atoms with E-state index in [0.29, 0.717) is 0 Å². The molecule has 1 aromatic heterocycles. The van der Waals surface area contributed by atoms with Crippen molar-refractivity contribution in [3.8, 4) is 0 Å². The van der Waals surface area contributed by atoms with E-state index in [-0.39, 0.29) is 0 Å². The normalized spacial score (nSPS) is 11.8. The fourth-order valence-corrected chi connectivity index (χ4v) is 3.85. The van der Waals surface area contributed by atoms with E-state index in [0.717, 1.165) is 39.7 Å². The summed E-state index contributed by atoms with van der Waals surface area (Å²) in [6.45, 7) is 5.26. The maximum atomic E-state index is 4.79. The number of nitrogens with one attached hydrogen (secondary N) is 1. The molecule has 1 heterocycles. The number of nitrogens with zero attached hydrogens (tertiary/aromatic N) is 1. The first-order valence-corrected chi connectivity index (χ1v) is 8.14. The van der Waals surface area contributed by atoms with Crippen LogP contribution in [0.5, 0.6) is 0 Å². The molecular formula is C15H22N2S3. The third-order valence-electron chi connectivity index (χ3n) is 3.81. The van der Waals surface area contributed by atoms with Crippen LogP contribution in [-0.4, -0.2) is 30.5 Å². The van der Waals surface area contributed by atoms with Crippen molar-refractivity contribution in [3.05, 3.63) is 16.7 Å². The highest BCUT2D eigenvalue weighted by Crippen LogP contribution is 2.39. The van der Waals surface area contributed by atoms with E-state index in [2.05, 4.69) is 50.5 Å². The Balaban J connectivity index is 2.70. The number of rotatable bonds is 4. The lowest BCUT2D eigenvalue weighted by Gasteiger charge is -2.14. The minimum absolute atomic E-state index is 0.931. The van der Waals surface area contributed by atoms with Gasteiger partial charge in [0.1, 0.15) is 0 Å². The molecule has 0 amide bonds. The number of benzene rings is 1. The highest BCUT2D eigenvalue weighted by molar-refractivity contribution is 7.81. The molecule has 0 aliphatic rings. The van der Waals surface area contributed by atoms with E-state index in [1.807, 2.05) is 0 Å². The van der Waals surface area contributed by atoms with Crippen molar-refractivity contribution in [3.63, 3.8) is 0 Å². The second kappa shape index (κ2) is 6.26. The zero-order valence-corrected chi connectivity index (χ0v) is 15.1. The molecule has 0 aliphatic heterocycles. The summed E-state index contributed by atoms with van der Waals surface area (Å²) >= 11 is 14.1. The molecule has 1 N–H and O–H groups in total. The first-order valence-electron chi connectivity index (χ1n) is 6.80. The van der Waals surface area contributed by atoms with Gasteiger partial charge in [0.2, 0.25) is 0 Å². The first-order chi connectivity index (χ1) is 9.38. The Hall–Kier alpha value is -0.230. The Labute approximate surface area is 137 Å². The Morgan fingerprint density at radius 2 is 1.70 bits per heavy atom. The highest BCUT2D eigenvalue weighted by atomic mass is 32.1. The van der Waals surface area contributed by atoms with E-state index >= 15 is 0 Å². The van der Waals surface area contributed by atoms with Gasteiger partial charge in [0.25, 0.3) is 0 Å². The fraction of sp³-hybridized carbons (Fsp3) is 0.467. The smallest absolute Gasteiger partial charge is 0.0735 e. The molecule has 0 atom stereocenters. The fourth-order valence-electron chi connectivity index (χ4n) is 2.63. The van der Waals surface area contributed by atoms with Gasteiger partial charge in [-0.3, -0.25) is 0 Å². The van der Waals surface area contributed by atoms with Crippen LogP contribution in [0.2, 0.25) is 0 Å². The van der Waals surface area contributed by atoms with Crippen molar-refractivity contribution in [1.29, 1.82) is 0 Å². The van der Waals surface area contributed by atoms with Crippen LogP contribution in [0.4, 0.5) is 0 Å². The van der Waals surface area contributed by atoms with Crippen LogP contribution in [0.3, 0.4) is 0 Å². The summed E-state index contributed by atoms with van der Waals surface area (Å²) in [5.74, 6) is 0. The number of hydrogen-bond donors (Lipinski definition) is 4. The number of fused-ring (bicyclic) bond motifs is 1. The van der Waals surface area contributed by atoms with Crippen molar-refractivity contribution in [2.75, 3.05) is 20.6 Å². The Kier molecular flexibility index (Phi) is 5.05. The summed E-state index contributed by atoms with van der Waals surface area (Å²) in [6.07, 6.45) is 1.92. The lowest BCUT2D eigenvalue weighted by atomic mass is 10.0. The van der Waals surface area contributed by atoms with E-state index < -0.39 is 0 Å². The second-order valence-corrected chi connectivity index (χ2v) is 6.75. The maximum absolute atomic E-state index is 4.79. The van der Waals surface area contributed by atoms with Gasteiger partial charge in [-0.05, 0) is 50.6 Å². The molecule has 0 saturated carbocycles. The van der Waals surface area contributed by atoms with E-state index in [1.54, 1.807) is 0 Å². The van der Waals surface area contributed by atoms with Crippen molar-refractivity contribution >= 4 is 48.8 Å². The molecule has 0 spiro atoms. The van der Waals surface area contributed by atoms with Crippen molar-refractivity contribution in [1.82, 2.24) is 9.88 Å². The largest absolute Gasteiger partial charge is 0.349 e. The van der Waals surface area contributed by atoms with Gasteiger partial charge in [0.15, 0.2) is 0 Å². The molecule has 2 aromatic rings. The molecule has 2 rings (SSSR count). The zero-order chi connectivity index (χ0) is 15.0. The van der Waals surface area contributed by atoms with Crippen LogP contribution in [0.1, 0.15) is 23.6 Å². The molecule has 0 bridgehead atoms. The zero-order valence-electron chi connectivity index (χ0n) is 12.4. The van der Waals surface area contributed by atoms with Gasteiger partial charge >= 0.3 is 0 Å². The molecular weight excluding hydrogens is 304 g/mol. The molecule has 0 unspecified atom stereocenters. The first kappa shape index (κ1) is 16.1. The molecule has 1 aromatic carbocycles. The number of thiol groups is 3. The number of aromatic amines is 1. The van der Waals surface area contributed by atoms with Crippen molar-refractivity contribution < 1.29 is 0 Å². The molecule has 0 radical (unpaired) electrons. The standard InChI is InChI=1S/C15H22N2S3/c1-5-9-8(2)13(18)12-11(14(9)19)10(15(20)16-12)6-7-17(3)4/h16,18-20H,5-7H2,1-4H3. The minimum atomic E-state index is 0.931. The average Bonchev–Trinajstić information content (AvgIpc) is 2.71. The molecule has 0 fully saturated rings. The van der Waals surface area contributed by atoms with Crippen LogP contribution < -0.4 is 0 Å². The van der Waals surface area contributed by atoms with Crippen LogP contribution >= 0.6 is 37.9 Å². The summed E-state index contributed by atoms with van der Waals surface area (Å²) in [5, 5.41) is 2.12. The number of likely N-dealkylation sites (N-methyl/N-ethyl adjacent to an activating group) is 1. The predicted molar refractivity (Wildman–Crippen MR) is 96.4 cm³/mol. The Morgan fingerprint density at radius 3 is 2.25 bits per heavy atom. The van der Waals surface area contributed by atoms with Gasteiger partial charge in [0.05, 0.1) is 10.5 Å². The van der Waals surface area contributed by atoms with E-state index in [1.165, 1.54) is 22.1 Å². The van der Waals surface area contributed by atoms with Gasteiger partial charge in [-0.1, -0.05) is 6.92 Å². The number of hydrogen-bond acceptors (Lipinski definition) is 4. The molecule has 20 heavy (non-hydrogen) atoms. The quantitative estimate of drug-likeness (QED) is 0.626. The van der Waals surface area contributed by atoms with Crippen molar-refractivity contribution in [2.45, 2.75) is 41.5 Å². The number of H-pyrrole nitrogens is 1. The molecule has 110 valence electrons. The summed E-state index contributed by atoms with van der Waals surface area (Å²) in [5.41, 5.74) is 4.80. The number of aromatic nitrogens is 1. The third kappa shape index (κ3) is 2.73. The molecule has 0 saturated heterocycles. The highest BCUT2D eigenvalue weighted by Gasteiger charge is 2.18. The minimum Gasteiger partial charge on any atom is -0.349 e. The van der Waals surface area contributed by atoms with E-state index in [9.17, 15) is 0 Å². The SMILES string of the molecule is CCc1c(C)c(S)c2[nH]c(S)c(CCN(C)C)c2c1S. The van der Waals surface area contributed by atoms with Crippen LogP contribution in [0.25, 0.3) is 10.9 Å². The monoisotopic (exact) mass is 326 g/mol. The maximum Gasteiger partial charge on any atom is 0.0735 e. The van der Waals surface area contributed by atoms with Crippen LogP contribution in [0, 0.1) is 6.92 Å². The van der Waals surface area contributed by atoms with Gasteiger partial charge in [-0.15, -0.1) is 37.9 Å². The van der Waals surface area contributed by atoms with Gasteiger partial charge in [-0.25, -0.2) is 0 Å².